The van der Waals surface area contributed by atoms with Crippen molar-refractivity contribution in [3.63, 3.8) is 0 Å². The molecule has 2 heterocycles. The van der Waals surface area contributed by atoms with Gasteiger partial charge in [0.2, 0.25) is 11.7 Å². The number of anilines is 2. The van der Waals surface area contributed by atoms with Gasteiger partial charge in [0.05, 0.1) is 18.2 Å². The molecule has 14 heteroatoms. The number of nitrogens with two attached hydrogens (primary N) is 1. The minimum Gasteiger partial charge on any atom is -0.491 e. The van der Waals surface area contributed by atoms with E-state index in [9.17, 15) is 35.2 Å². The number of aromatic nitrogens is 1. The summed E-state index contributed by atoms with van der Waals surface area (Å²) in [7, 11) is -3.19. The largest absolute Gasteiger partial charge is 0.491 e. The monoisotopic (exact) mass is 494 g/mol. The van der Waals surface area contributed by atoms with Gasteiger partial charge in [-0.3, -0.25) is 4.79 Å². The average molecular weight is 494 g/mol. The first-order valence-electron chi connectivity index (χ1n) is 9.33. The minimum absolute atomic E-state index is 0.0863. The molecule has 1 amide bonds. The van der Waals surface area contributed by atoms with E-state index in [0.29, 0.717) is 6.07 Å². The van der Waals surface area contributed by atoms with Crippen molar-refractivity contribution < 1.29 is 39.9 Å². The third kappa shape index (κ3) is 4.71. The Kier molecular flexibility index (Phi) is 6.28. The second-order valence-corrected chi connectivity index (χ2v) is 9.25. The smallest absolute Gasteiger partial charge is 0.396 e. The lowest BCUT2D eigenvalue weighted by Crippen LogP contribution is -2.40. The predicted octanol–water partition coefficient (Wildman–Crippen LogP) is 2.80. The summed E-state index contributed by atoms with van der Waals surface area (Å²) in [5.41, 5.74) is -2.70. The van der Waals surface area contributed by atoms with Crippen molar-refractivity contribution >= 4 is 27.3 Å². The SMILES string of the molecule is COc1c(N2C[C@@](C)(C(F)(F)F)C[C@@H]2C(=O)Nc2ccnc(S(N)(=O)=O)c2)ccc(F)c1F. The first-order chi connectivity index (χ1) is 15.2. The van der Waals surface area contributed by atoms with Crippen molar-refractivity contribution in [2.75, 3.05) is 23.9 Å². The third-order valence-corrected chi connectivity index (χ3v) is 6.17. The zero-order valence-corrected chi connectivity index (χ0v) is 18.1. The summed E-state index contributed by atoms with van der Waals surface area (Å²) in [5, 5.41) is 6.77. The number of pyridine rings is 1. The lowest BCUT2D eigenvalue weighted by molar-refractivity contribution is -0.210. The highest BCUT2D eigenvalue weighted by Crippen LogP contribution is 2.50. The fourth-order valence-electron chi connectivity index (χ4n) is 3.59. The molecule has 2 aromatic rings. The Morgan fingerprint density at radius 2 is 1.97 bits per heavy atom. The molecule has 180 valence electrons. The quantitative estimate of drug-likeness (QED) is 0.618. The summed E-state index contributed by atoms with van der Waals surface area (Å²) < 4.78 is 97.1. The van der Waals surface area contributed by atoms with Gasteiger partial charge in [-0.2, -0.15) is 17.6 Å². The van der Waals surface area contributed by atoms with Gasteiger partial charge < -0.3 is 15.0 Å². The van der Waals surface area contributed by atoms with E-state index < -0.39 is 68.9 Å². The van der Waals surface area contributed by atoms with Crippen molar-refractivity contribution in [3.05, 3.63) is 42.1 Å². The van der Waals surface area contributed by atoms with Crippen molar-refractivity contribution in [2.24, 2.45) is 10.6 Å². The number of carbonyl (C=O) groups is 1. The van der Waals surface area contributed by atoms with Crippen LogP contribution in [0.4, 0.5) is 33.3 Å². The van der Waals surface area contributed by atoms with Crippen LogP contribution >= 0.6 is 0 Å². The normalized spacial score (nSPS) is 21.2. The zero-order valence-electron chi connectivity index (χ0n) is 17.3. The molecule has 0 unspecified atom stereocenters. The molecule has 3 rings (SSSR count). The number of benzene rings is 1. The molecule has 0 saturated carbocycles. The highest BCUT2D eigenvalue weighted by Gasteiger charge is 2.59. The Morgan fingerprint density at radius 1 is 1.30 bits per heavy atom. The predicted molar refractivity (Wildman–Crippen MR) is 107 cm³/mol. The number of hydrogen-bond donors (Lipinski definition) is 2. The number of amides is 1. The van der Waals surface area contributed by atoms with Gasteiger partial charge in [-0.25, -0.2) is 22.9 Å². The van der Waals surface area contributed by atoms with Crippen LogP contribution in [0, 0.1) is 17.0 Å². The molecule has 33 heavy (non-hydrogen) atoms. The summed E-state index contributed by atoms with van der Waals surface area (Å²) >= 11 is 0. The van der Waals surface area contributed by atoms with Crippen LogP contribution in [-0.2, 0) is 14.8 Å². The van der Waals surface area contributed by atoms with Gasteiger partial charge >= 0.3 is 6.18 Å². The van der Waals surface area contributed by atoms with Gasteiger partial charge in [0, 0.05) is 24.5 Å². The number of carbonyl (C=O) groups excluding carboxylic acids is 1. The molecular formula is C19H19F5N4O4S. The molecule has 2 atom stereocenters. The van der Waals surface area contributed by atoms with E-state index in [-0.39, 0.29) is 11.4 Å². The lowest BCUT2D eigenvalue weighted by atomic mass is 9.87. The number of halogens is 5. The second-order valence-electron chi connectivity index (χ2n) is 7.74. The van der Waals surface area contributed by atoms with E-state index in [1.54, 1.807) is 0 Å². The Labute approximate surface area is 185 Å². The molecule has 1 saturated heterocycles. The Hall–Kier alpha value is -3.00. The number of primary sulfonamides is 1. The molecule has 0 spiro atoms. The van der Waals surface area contributed by atoms with Crippen LogP contribution in [0.1, 0.15) is 13.3 Å². The van der Waals surface area contributed by atoms with E-state index in [4.69, 9.17) is 9.88 Å². The topological polar surface area (TPSA) is 115 Å². The van der Waals surface area contributed by atoms with Gasteiger partial charge in [0.25, 0.3) is 10.0 Å². The highest BCUT2D eigenvalue weighted by molar-refractivity contribution is 7.89. The highest BCUT2D eigenvalue weighted by atomic mass is 32.2. The summed E-state index contributed by atoms with van der Waals surface area (Å²) in [5.74, 6) is -4.29. The number of sulfonamides is 1. The Bertz CT molecular complexity index is 1190. The molecule has 1 aromatic carbocycles. The lowest BCUT2D eigenvalue weighted by Gasteiger charge is -2.29. The standard InChI is InChI=1S/C19H19F5N4O4S/c1-18(19(22,23)24)8-13(17(29)27-10-5-6-26-14(7-10)33(25,30)31)28(9-18)12-4-3-11(20)15(21)16(12)32-2/h3-7,13H,8-9H2,1-2H3,(H2,25,30,31)(H,26,27,29)/t13-,18+/m1/s1. The fraction of sp³-hybridized carbons (Fsp3) is 0.368. The van der Waals surface area contributed by atoms with Gasteiger partial charge in [-0.15, -0.1) is 0 Å². The third-order valence-electron chi connectivity index (χ3n) is 5.36. The second kappa shape index (κ2) is 8.41. The van der Waals surface area contributed by atoms with Gasteiger partial charge in [-0.05, 0) is 31.5 Å². The van der Waals surface area contributed by atoms with Gasteiger partial charge in [0.1, 0.15) is 6.04 Å². The molecule has 1 aromatic heterocycles. The van der Waals surface area contributed by atoms with E-state index in [0.717, 1.165) is 37.3 Å². The molecule has 0 aliphatic carbocycles. The van der Waals surface area contributed by atoms with Crippen molar-refractivity contribution in [1.82, 2.24) is 4.98 Å². The minimum atomic E-state index is -4.72. The molecule has 3 N–H and O–H groups in total. The van der Waals surface area contributed by atoms with Crippen LogP contribution in [0.15, 0.2) is 35.5 Å². The first kappa shape index (κ1) is 24.6. The Morgan fingerprint density at radius 3 is 2.55 bits per heavy atom. The van der Waals surface area contributed by atoms with Crippen LogP contribution in [0.5, 0.6) is 5.75 Å². The summed E-state index contributed by atoms with van der Waals surface area (Å²) in [6.45, 7) is 0.167. The van der Waals surface area contributed by atoms with Crippen LogP contribution in [0.25, 0.3) is 0 Å². The molecule has 1 aliphatic heterocycles. The number of ether oxygens (including phenoxy) is 1. The van der Waals surface area contributed by atoms with Gasteiger partial charge in [0.15, 0.2) is 16.6 Å². The van der Waals surface area contributed by atoms with E-state index in [2.05, 4.69) is 10.3 Å². The van der Waals surface area contributed by atoms with Crippen molar-refractivity contribution in [1.29, 1.82) is 0 Å². The number of rotatable bonds is 5. The number of methoxy groups -OCH3 is 1. The Balaban J connectivity index is 2.02. The molecule has 8 nitrogen and oxygen atoms in total. The van der Waals surface area contributed by atoms with E-state index in [1.165, 1.54) is 6.07 Å². The molecule has 0 radical (unpaired) electrons. The average Bonchev–Trinajstić information content (AvgIpc) is 3.08. The summed E-state index contributed by atoms with van der Waals surface area (Å²) in [4.78, 5) is 17.5. The zero-order chi connectivity index (χ0) is 24.8. The molecule has 1 aliphatic rings. The first-order valence-corrected chi connectivity index (χ1v) is 10.9. The van der Waals surface area contributed by atoms with Crippen LogP contribution in [0.2, 0.25) is 0 Å². The number of alkyl halides is 3. The molecule has 0 bridgehead atoms. The van der Waals surface area contributed by atoms with Crippen LogP contribution < -0.4 is 20.1 Å². The number of nitrogens with one attached hydrogen (secondary N) is 1. The van der Waals surface area contributed by atoms with E-state index in [1.807, 2.05) is 0 Å². The number of nitrogens with zero attached hydrogens (tertiary/aromatic N) is 2. The van der Waals surface area contributed by atoms with Gasteiger partial charge in [-0.1, -0.05) is 0 Å². The van der Waals surface area contributed by atoms with E-state index >= 15 is 0 Å². The van der Waals surface area contributed by atoms with Crippen molar-refractivity contribution in [2.45, 2.75) is 30.6 Å². The molecular weight excluding hydrogens is 475 g/mol. The van der Waals surface area contributed by atoms with Crippen LogP contribution in [-0.4, -0.2) is 45.2 Å². The number of hydrogen-bond acceptors (Lipinski definition) is 6. The summed E-state index contributed by atoms with van der Waals surface area (Å²) in [6.07, 6.45) is -4.39. The van der Waals surface area contributed by atoms with Crippen LogP contribution in [0.3, 0.4) is 0 Å². The van der Waals surface area contributed by atoms with Crippen molar-refractivity contribution in [3.8, 4) is 5.75 Å². The fourth-order valence-corrected chi connectivity index (χ4v) is 4.09. The maximum absolute atomic E-state index is 14.2. The maximum Gasteiger partial charge on any atom is 0.396 e. The molecule has 1 fully saturated rings. The maximum atomic E-state index is 14.2. The summed E-state index contributed by atoms with van der Waals surface area (Å²) in [6, 6.07) is 2.40.